The number of carbonyl (C=O) groups is 2. The fourth-order valence-electron chi connectivity index (χ4n) is 0.890. The fourth-order valence-corrected chi connectivity index (χ4v) is 0.890. The summed E-state index contributed by atoms with van der Waals surface area (Å²) in [4.78, 5) is 25.0. The highest BCUT2D eigenvalue weighted by Crippen LogP contribution is 2.11. The Bertz CT molecular complexity index is 389. The number of esters is 1. The molecule has 14 heavy (non-hydrogen) atoms. The number of aromatic nitrogens is 1. The number of methoxy groups -OCH3 is 1. The van der Waals surface area contributed by atoms with Crippen LogP contribution in [0.5, 0.6) is 0 Å². The number of hydrogen-bond acceptors (Lipinski definition) is 5. The Morgan fingerprint density at radius 1 is 1.57 bits per heavy atom. The maximum Gasteiger partial charge on any atom is 0.356 e. The summed E-state index contributed by atoms with van der Waals surface area (Å²) < 4.78 is 4.41. The molecule has 0 saturated carbocycles. The van der Waals surface area contributed by atoms with Crippen LogP contribution in [0.15, 0.2) is 12.3 Å². The summed E-state index contributed by atoms with van der Waals surface area (Å²) in [6.45, 7) is 0. The smallest absolute Gasteiger partial charge is 0.356 e. The number of rotatable bonds is 2. The molecule has 0 aliphatic rings. The molecule has 0 unspecified atom stereocenters. The topological polar surface area (TPSA) is 103 Å². The zero-order valence-electron chi connectivity index (χ0n) is 7.35. The Morgan fingerprint density at radius 2 is 2.21 bits per heavy atom. The molecule has 0 aromatic carbocycles. The van der Waals surface area contributed by atoms with Crippen LogP contribution in [0.2, 0.25) is 0 Å². The van der Waals surface area contributed by atoms with Crippen LogP contribution in [0, 0.1) is 0 Å². The van der Waals surface area contributed by atoms with E-state index in [0.717, 1.165) is 6.20 Å². The van der Waals surface area contributed by atoms with Crippen molar-refractivity contribution in [2.24, 2.45) is 0 Å². The Hall–Kier alpha value is -2.11. The highest BCUT2D eigenvalue weighted by Gasteiger charge is 2.13. The van der Waals surface area contributed by atoms with Gasteiger partial charge in [0.15, 0.2) is 5.69 Å². The molecule has 0 aliphatic heterocycles. The summed E-state index contributed by atoms with van der Waals surface area (Å²) in [5, 5.41) is 8.59. The second-order valence-corrected chi connectivity index (χ2v) is 2.46. The minimum Gasteiger partial charge on any atom is -0.476 e. The first-order chi connectivity index (χ1) is 6.56. The number of nitrogens with zero attached hydrogens (tertiary/aromatic N) is 1. The second kappa shape index (κ2) is 3.73. The highest BCUT2D eigenvalue weighted by atomic mass is 16.5. The lowest BCUT2D eigenvalue weighted by Gasteiger charge is -2.02. The van der Waals surface area contributed by atoms with Crippen LogP contribution in [0.4, 0.5) is 5.69 Å². The van der Waals surface area contributed by atoms with E-state index in [-0.39, 0.29) is 16.9 Å². The lowest BCUT2D eigenvalue weighted by molar-refractivity contribution is 0.0597. The van der Waals surface area contributed by atoms with Crippen molar-refractivity contribution in [2.75, 3.05) is 12.8 Å². The summed E-state index contributed by atoms with van der Waals surface area (Å²) in [7, 11) is 1.21. The molecule has 0 radical (unpaired) electrons. The monoisotopic (exact) mass is 196 g/mol. The number of carboxylic acids is 1. The molecule has 1 heterocycles. The highest BCUT2D eigenvalue weighted by molar-refractivity contribution is 5.95. The van der Waals surface area contributed by atoms with Crippen LogP contribution in [0.3, 0.4) is 0 Å². The van der Waals surface area contributed by atoms with Crippen molar-refractivity contribution < 1.29 is 19.4 Å². The molecule has 74 valence electrons. The van der Waals surface area contributed by atoms with Gasteiger partial charge in [-0.05, 0) is 6.07 Å². The number of nitrogen functional groups attached to an aromatic ring is 1. The number of carboxylic acid groups (broad SMARTS) is 1. The van der Waals surface area contributed by atoms with Crippen molar-refractivity contribution in [1.82, 2.24) is 4.98 Å². The molecule has 3 N–H and O–H groups in total. The second-order valence-electron chi connectivity index (χ2n) is 2.46. The maximum absolute atomic E-state index is 11.0. The SMILES string of the molecule is COC(=O)c1cnc(C(=O)O)c(N)c1. The molecule has 0 aliphatic carbocycles. The minimum absolute atomic E-state index is 0.0691. The number of hydrogen-bond donors (Lipinski definition) is 2. The number of carbonyl (C=O) groups excluding carboxylic acids is 1. The molecule has 0 saturated heterocycles. The number of anilines is 1. The van der Waals surface area contributed by atoms with Crippen molar-refractivity contribution in [3.05, 3.63) is 23.5 Å². The zero-order chi connectivity index (χ0) is 10.7. The Labute approximate surface area is 79.3 Å². The van der Waals surface area contributed by atoms with Crippen molar-refractivity contribution >= 4 is 17.6 Å². The number of aromatic carboxylic acids is 1. The Morgan fingerprint density at radius 3 is 2.64 bits per heavy atom. The molecular weight excluding hydrogens is 188 g/mol. The van der Waals surface area contributed by atoms with Gasteiger partial charge in [-0.25, -0.2) is 14.6 Å². The van der Waals surface area contributed by atoms with Crippen LogP contribution in [0.1, 0.15) is 20.8 Å². The summed E-state index contributed by atoms with van der Waals surface area (Å²) in [6, 6.07) is 1.21. The van der Waals surface area contributed by atoms with Crippen molar-refractivity contribution in [3.63, 3.8) is 0 Å². The van der Waals surface area contributed by atoms with E-state index in [2.05, 4.69) is 9.72 Å². The molecular formula is C8H8N2O4. The first kappa shape index (κ1) is 9.97. The van der Waals surface area contributed by atoms with E-state index in [1.807, 2.05) is 0 Å². The van der Waals surface area contributed by atoms with E-state index in [9.17, 15) is 9.59 Å². The first-order valence-corrected chi connectivity index (χ1v) is 3.63. The number of pyridine rings is 1. The van der Waals surface area contributed by atoms with Crippen molar-refractivity contribution in [2.45, 2.75) is 0 Å². The Balaban J connectivity index is 3.12. The van der Waals surface area contributed by atoms with Crippen LogP contribution >= 0.6 is 0 Å². The predicted molar refractivity (Wildman–Crippen MR) is 46.9 cm³/mol. The van der Waals surface area contributed by atoms with Crippen LogP contribution in [-0.2, 0) is 4.74 Å². The summed E-state index contributed by atoms with van der Waals surface area (Å²) in [5.41, 5.74) is 5.14. The van der Waals surface area contributed by atoms with Gasteiger partial charge in [-0.3, -0.25) is 0 Å². The third-order valence-corrected chi connectivity index (χ3v) is 1.54. The largest absolute Gasteiger partial charge is 0.476 e. The molecule has 1 aromatic rings. The van der Waals surface area contributed by atoms with Crippen LogP contribution in [-0.4, -0.2) is 29.1 Å². The summed E-state index contributed by atoms with van der Waals surface area (Å²) in [6.07, 6.45) is 1.10. The molecule has 1 aromatic heterocycles. The van der Waals surface area contributed by atoms with E-state index in [0.29, 0.717) is 0 Å². The summed E-state index contributed by atoms with van der Waals surface area (Å²) >= 11 is 0. The molecule has 1 rings (SSSR count). The van der Waals surface area contributed by atoms with Gasteiger partial charge in [0.1, 0.15) is 0 Å². The van der Waals surface area contributed by atoms with E-state index in [1.54, 1.807) is 0 Å². The van der Waals surface area contributed by atoms with Gasteiger partial charge in [-0.2, -0.15) is 0 Å². The quantitative estimate of drug-likeness (QED) is 0.652. The van der Waals surface area contributed by atoms with E-state index < -0.39 is 11.9 Å². The van der Waals surface area contributed by atoms with Gasteiger partial charge in [0.05, 0.1) is 18.4 Å². The molecule has 0 atom stereocenters. The molecule has 0 bridgehead atoms. The number of nitrogens with two attached hydrogens (primary N) is 1. The maximum atomic E-state index is 11.0. The van der Waals surface area contributed by atoms with Gasteiger partial charge in [-0.1, -0.05) is 0 Å². The summed E-state index contributed by atoms with van der Waals surface area (Å²) in [5.74, 6) is -1.85. The van der Waals surface area contributed by atoms with Crippen LogP contribution in [0.25, 0.3) is 0 Å². The van der Waals surface area contributed by atoms with Gasteiger partial charge >= 0.3 is 11.9 Å². The molecule has 6 heteroatoms. The van der Waals surface area contributed by atoms with E-state index in [4.69, 9.17) is 10.8 Å². The van der Waals surface area contributed by atoms with Gasteiger partial charge in [0.2, 0.25) is 0 Å². The lowest BCUT2D eigenvalue weighted by Crippen LogP contribution is -2.09. The fraction of sp³-hybridized carbons (Fsp3) is 0.125. The average molecular weight is 196 g/mol. The lowest BCUT2D eigenvalue weighted by atomic mass is 10.2. The Kier molecular flexibility index (Phi) is 2.66. The minimum atomic E-state index is -1.24. The van der Waals surface area contributed by atoms with E-state index in [1.165, 1.54) is 13.2 Å². The van der Waals surface area contributed by atoms with Gasteiger partial charge < -0.3 is 15.6 Å². The first-order valence-electron chi connectivity index (χ1n) is 3.63. The van der Waals surface area contributed by atoms with Gasteiger partial charge in [-0.15, -0.1) is 0 Å². The van der Waals surface area contributed by atoms with Crippen molar-refractivity contribution in [3.8, 4) is 0 Å². The standard InChI is InChI=1S/C8H8N2O4/c1-14-8(13)4-2-5(9)6(7(11)12)10-3-4/h2-3H,9H2,1H3,(H,11,12). The van der Waals surface area contributed by atoms with E-state index >= 15 is 0 Å². The van der Waals surface area contributed by atoms with Gasteiger partial charge in [0.25, 0.3) is 0 Å². The van der Waals surface area contributed by atoms with Gasteiger partial charge in [0, 0.05) is 6.20 Å². The number of ether oxygens (including phenoxy) is 1. The zero-order valence-corrected chi connectivity index (χ0v) is 7.35. The molecule has 0 amide bonds. The molecule has 0 spiro atoms. The normalized spacial score (nSPS) is 9.50. The third kappa shape index (κ3) is 1.79. The van der Waals surface area contributed by atoms with Crippen molar-refractivity contribution in [1.29, 1.82) is 0 Å². The third-order valence-electron chi connectivity index (χ3n) is 1.54. The predicted octanol–water partition coefficient (Wildman–Crippen LogP) is 0.149. The molecule has 6 nitrogen and oxygen atoms in total. The van der Waals surface area contributed by atoms with Crippen LogP contribution < -0.4 is 5.73 Å². The molecule has 0 fully saturated rings. The average Bonchev–Trinajstić information content (AvgIpc) is 2.15.